The lowest BCUT2D eigenvalue weighted by Crippen LogP contribution is -2.00. The van der Waals surface area contributed by atoms with Crippen LogP contribution in [0.25, 0.3) is 0 Å². The van der Waals surface area contributed by atoms with Gasteiger partial charge in [-0.2, -0.15) is 0 Å². The van der Waals surface area contributed by atoms with Gasteiger partial charge in [0.05, 0.1) is 0 Å². The fourth-order valence-electron chi connectivity index (χ4n) is 2.94. The third kappa shape index (κ3) is 0.749. The van der Waals surface area contributed by atoms with Crippen LogP contribution in [0, 0.1) is 6.92 Å². The summed E-state index contributed by atoms with van der Waals surface area (Å²) in [6, 6.07) is 6.32. The number of hydrogen-bond donors (Lipinski definition) is 0. The van der Waals surface area contributed by atoms with E-state index in [0.29, 0.717) is 5.78 Å². The molecule has 0 N–H and O–H groups in total. The van der Waals surface area contributed by atoms with Gasteiger partial charge in [-0.1, -0.05) is 18.2 Å². The minimum absolute atomic E-state index is 0.250. The Labute approximate surface area is 77.8 Å². The van der Waals surface area contributed by atoms with Gasteiger partial charge in [-0.15, -0.1) is 0 Å². The van der Waals surface area contributed by atoms with Crippen LogP contribution in [0.4, 0.5) is 0 Å². The van der Waals surface area contributed by atoms with Gasteiger partial charge in [0.1, 0.15) is 5.78 Å². The van der Waals surface area contributed by atoms with Crippen molar-refractivity contribution < 1.29 is 4.79 Å². The molecule has 66 valence electrons. The molecule has 1 nitrogen and oxygen atoms in total. The molecule has 0 aromatic heterocycles. The average molecular weight is 172 g/mol. The van der Waals surface area contributed by atoms with E-state index in [4.69, 9.17) is 0 Å². The summed E-state index contributed by atoms with van der Waals surface area (Å²) in [5.74, 6) is 0.977. The van der Waals surface area contributed by atoms with Crippen molar-refractivity contribution in [2.75, 3.05) is 0 Å². The van der Waals surface area contributed by atoms with Gasteiger partial charge in [0.25, 0.3) is 0 Å². The van der Waals surface area contributed by atoms with Crippen LogP contribution in [0.3, 0.4) is 0 Å². The van der Waals surface area contributed by atoms with E-state index in [0.717, 1.165) is 12.8 Å². The maximum Gasteiger partial charge on any atom is 0.147 e. The molecule has 0 amide bonds. The van der Waals surface area contributed by atoms with Crippen molar-refractivity contribution in [3.05, 3.63) is 34.9 Å². The Morgan fingerprint density at radius 2 is 2.00 bits per heavy atom. The minimum atomic E-state index is 0.250. The van der Waals surface area contributed by atoms with E-state index in [1.165, 1.54) is 16.7 Å². The fourth-order valence-corrected chi connectivity index (χ4v) is 2.94. The van der Waals surface area contributed by atoms with Crippen LogP contribution >= 0.6 is 0 Å². The molecular formula is C12H12O. The first-order valence-electron chi connectivity index (χ1n) is 4.92. The van der Waals surface area contributed by atoms with E-state index < -0.39 is 0 Å². The smallest absolute Gasteiger partial charge is 0.147 e. The third-order valence-corrected chi connectivity index (χ3v) is 3.51. The summed E-state index contributed by atoms with van der Waals surface area (Å²) in [6.45, 7) is 2.12. The predicted octanol–water partition coefficient (Wildman–Crippen LogP) is 2.54. The molecule has 3 rings (SSSR count). The molecular weight excluding hydrogens is 160 g/mol. The second-order valence-corrected chi connectivity index (χ2v) is 4.16. The molecule has 1 saturated carbocycles. The Balaban J connectivity index is 2.30. The summed E-state index contributed by atoms with van der Waals surface area (Å²) < 4.78 is 0. The lowest BCUT2D eigenvalue weighted by atomic mass is 9.89. The lowest BCUT2D eigenvalue weighted by molar-refractivity contribution is -0.119. The second kappa shape index (κ2) is 2.22. The Morgan fingerprint density at radius 1 is 1.23 bits per heavy atom. The van der Waals surface area contributed by atoms with Crippen molar-refractivity contribution in [3.8, 4) is 0 Å². The summed E-state index contributed by atoms with van der Waals surface area (Å²) in [5, 5.41) is 0. The second-order valence-electron chi connectivity index (χ2n) is 4.16. The molecule has 2 bridgehead atoms. The highest BCUT2D eigenvalue weighted by Gasteiger charge is 2.45. The largest absolute Gasteiger partial charge is 0.298 e. The average Bonchev–Trinajstić information content (AvgIpc) is 2.61. The Morgan fingerprint density at radius 3 is 2.77 bits per heavy atom. The molecule has 1 heteroatoms. The van der Waals surface area contributed by atoms with Crippen LogP contribution in [0.2, 0.25) is 0 Å². The predicted molar refractivity (Wildman–Crippen MR) is 50.9 cm³/mol. The van der Waals surface area contributed by atoms with Gasteiger partial charge in [-0.3, -0.25) is 4.79 Å². The molecule has 2 atom stereocenters. The molecule has 1 aromatic rings. The highest BCUT2D eigenvalue weighted by molar-refractivity contribution is 5.99. The molecule has 0 aliphatic heterocycles. The molecule has 2 aliphatic carbocycles. The maximum absolute atomic E-state index is 11.8. The number of carbonyl (C=O) groups excluding carboxylic acids is 1. The van der Waals surface area contributed by atoms with E-state index in [1.54, 1.807) is 0 Å². The van der Waals surface area contributed by atoms with E-state index in [-0.39, 0.29) is 11.8 Å². The molecule has 0 heterocycles. The van der Waals surface area contributed by atoms with Crippen LogP contribution in [0.1, 0.15) is 41.4 Å². The molecule has 0 radical (unpaired) electrons. The first kappa shape index (κ1) is 7.31. The van der Waals surface area contributed by atoms with Crippen LogP contribution in [0.5, 0.6) is 0 Å². The van der Waals surface area contributed by atoms with Gasteiger partial charge in [-0.05, 0) is 36.5 Å². The quantitative estimate of drug-likeness (QED) is 0.587. The first-order valence-corrected chi connectivity index (χ1v) is 4.92. The van der Waals surface area contributed by atoms with Gasteiger partial charge in [-0.25, -0.2) is 0 Å². The number of ketones is 1. The topological polar surface area (TPSA) is 17.1 Å². The van der Waals surface area contributed by atoms with Gasteiger partial charge in [0, 0.05) is 11.8 Å². The fraction of sp³-hybridized carbons (Fsp3) is 0.417. The SMILES string of the molecule is Cc1cccc2c1C1CCC2C1=O. The number of Topliss-reactive ketones (excluding diaryl/α,β-unsaturated/α-hetero) is 1. The van der Waals surface area contributed by atoms with Crippen molar-refractivity contribution in [2.24, 2.45) is 0 Å². The van der Waals surface area contributed by atoms with Crippen LogP contribution in [-0.2, 0) is 4.79 Å². The minimum Gasteiger partial charge on any atom is -0.298 e. The molecule has 1 aromatic carbocycles. The molecule has 0 spiro atoms. The molecule has 1 fully saturated rings. The van der Waals surface area contributed by atoms with Crippen molar-refractivity contribution in [2.45, 2.75) is 31.6 Å². The highest BCUT2D eigenvalue weighted by Crippen LogP contribution is 2.51. The number of benzene rings is 1. The zero-order valence-electron chi connectivity index (χ0n) is 7.71. The number of fused-ring (bicyclic) bond motifs is 5. The summed E-state index contributed by atoms with van der Waals surface area (Å²) >= 11 is 0. The highest BCUT2D eigenvalue weighted by atomic mass is 16.1. The third-order valence-electron chi connectivity index (χ3n) is 3.51. The van der Waals surface area contributed by atoms with Gasteiger partial charge in [0.2, 0.25) is 0 Å². The molecule has 2 aliphatic rings. The summed E-state index contributed by atoms with van der Waals surface area (Å²) in [4.78, 5) is 11.8. The van der Waals surface area contributed by atoms with Crippen molar-refractivity contribution in [1.29, 1.82) is 0 Å². The monoisotopic (exact) mass is 172 g/mol. The van der Waals surface area contributed by atoms with Crippen molar-refractivity contribution in [1.82, 2.24) is 0 Å². The van der Waals surface area contributed by atoms with Gasteiger partial charge >= 0.3 is 0 Å². The molecule has 13 heavy (non-hydrogen) atoms. The summed E-state index contributed by atoms with van der Waals surface area (Å²) in [7, 11) is 0. The van der Waals surface area contributed by atoms with Crippen LogP contribution in [0.15, 0.2) is 18.2 Å². The van der Waals surface area contributed by atoms with Crippen LogP contribution < -0.4 is 0 Å². The van der Waals surface area contributed by atoms with Gasteiger partial charge < -0.3 is 0 Å². The Bertz CT molecular complexity index is 392. The van der Waals surface area contributed by atoms with Crippen molar-refractivity contribution in [3.63, 3.8) is 0 Å². The zero-order chi connectivity index (χ0) is 9.00. The first-order chi connectivity index (χ1) is 6.29. The van der Waals surface area contributed by atoms with Crippen molar-refractivity contribution >= 4 is 5.78 Å². The standard InChI is InChI=1S/C12H12O/c1-7-3-2-4-8-9-5-6-10(11(7)8)12(9)13/h2-4,9-10H,5-6H2,1H3. The number of aryl methyl sites for hydroxylation is 1. The Kier molecular flexibility index (Phi) is 1.25. The molecule has 2 unspecified atom stereocenters. The Hall–Kier alpha value is -1.11. The number of carbonyl (C=O) groups is 1. The van der Waals surface area contributed by atoms with E-state index in [2.05, 4.69) is 25.1 Å². The van der Waals surface area contributed by atoms with Crippen LogP contribution in [-0.4, -0.2) is 5.78 Å². The normalized spacial score (nSPS) is 29.5. The zero-order valence-corrected chi connectivity index (χ0v) is 7.71. The van der Waals surface area contributed by atoms with E-state index in [1.807, 2.05) is 0 Å². The van der Waals surface area contributed by atoms with E-state index in [9.17, 15) is 4.79 Å². The molecule has 0 saturated heterocycles. The van der Waals surface area contributed by atoms with E-state index >= 15 is 0 Å². The number of rotatable bonds is 0. The maximum atomic E-state index is 11.8. The summed E-state index contributed by atoms with van der Waals surface area (Å²) in [5.41, 5.74) is 3.98. The van der Waals surface area contributed by atoms with Gasteiger partial charge in [0.15, 0.2) is 0 Å². The summed E-state index contributed by atoms with van der Waals surface area (Å²) in [6.07, 6.45) is 2.17. The number of hydrogen-bond acceptors (Lipinski definition) is 1. The lowest BCUT2D eigenvalue weighted by Gasteiger charge is -2.14.